The first-order valence-corrected chi connectivity index (χ1v) is 23.5. The average molecular weight is 1000 g/mol. The fourth-order valence-corrected chi connectivity index (χ4v) is 8.80. The molecule has 0 bridgehead atoms. The summed E-state index contributed by atoms with van der Waals surface area (Å²) in [6.07, 6.45) is -1.79. The minimum absolute atomic E-state index is 0.0648. The van der Waals surface area contributed by atoms with Gasteiger partial charge in [-0.2, -0.15) is 4.68 Å². The van der Waals surface area contributed by atoms with Crippen LogP contribution >= 0.6 is 21.6 Å². The third-order valence-electron chi connectivity index (χ3n) is 10.4. The summed E-state index contributed by atoms with van der Waals surface area (Å²) in [4.78, 5) is 134. The maximum absolute atomic E-state index is 14.3. The van der Waals surface area contributed by atoms with Crippen LogP contribution in [0, 0.1) is 5.92 Å². The van der Waals surface area contributed by atoms with Crippen molar-refractivity contribution in [1.29, 1.82) is 0 Å². The molecule has 2 aromatic carbocycles. The molecule has 0 saturated carbocycles. The molecule has 1 aliphatic rings. The molecule has 1 aliphatic heterocycles. The number of carboxylic acids is 1. The smallest absolute Gasteiger partial charge is 0.356 e. The molecule has 372 valence electrons. The molecule has 1 aromatic heterocycles. The van der Waals surface area contributed by atoms with Crippen molar-refractivity contribution in [2.45, 2.75) is 82.2 Å². The van der Waals surface area contributed by atoms with Gasteiger partial charge in [0.15, 0.2) is 0 Å². The van der Waals surface area contributed by atoms with E-state index in [9.17, 15) is 58.2 Å². The molecule has 14 N–H and O–H groups in total. The van der Waals surface area contributed by atoms with Crippen molar-refractivity contribution in [3.63, 3.8) is 0 Å². The minimum atomic E-state index is -1.74. The molecule has 29 heteroatoms. The average Bonchev–Trinajstić information content (AvgIpc) is 3.60. The monoisotopic (exact) mass is 1000 g/mol. The van der Waals surface area contributed by atoms with Crippen LogP contribution in [0.25, 0.3) is 21.8 Å². The van der Waals surface area contributed by atoms with E-state index in [0.717, 1.165) is 30.8 Å². The Bertz CT molecular complexity index is 2560. The number of aromatic amines is 1. The lowest BCUT2D eigenvalue weighted by Gasteiger charge is -2.29. The molecule has 27 nitrogen and oxygen atoms in total. The van der Waals surface area contributed by atoms with E-state index in [2.05, 4.69) is 41.7 Å². The number of aliphatic carboxylic acids is 1. The summed E-state index contributed by atoms with van der Waals surface area (Å²) >= 11 is 0. The van der Waals surface area contributed by atoms with Crippen LogP contribution in [-0.2, 0) is 44.8 Å². The maximum Gasteiger partial charge on any atom is 0.356 e. The molecule has 7 amide bonds. The van der Waals surface area contributed by atoms with E-state index in [-0.39, 0.29) is 54.4 Å². The van der Waals surface area contributed by atoms with E-state index in [1.165, 1.54) is 42.5 Å². The van der Waals surface area contributed by atoms with Crippen molar-refractivity contribution in [3.05, 3.63) is 79.4 Å². The number of nitrogens with one attached hydrogen (secondary N) is 6. The highest BCUT2D eigenvalue weighted by Crippen LogP contribution is 2.25. The number of primary amides is 2. The summed E-state index contributed by atoms with van der Waals surface area (Å²) in [5, 5.41) is 38.7. The number of phenols is 1. The topological polar surface area (TPSA) is 433 Å². The lowest BCUT2D eigenvalue weighted by atomic mass is 9.96. The lowest BCUT2D eigenvalue weighted by molar-refractivity contribution is -0.141. The molecule has 3 aromatic rings. The van der Waals surface area contributed by atoms with Crippen molar-refractivity contribution in [2.24, 2.45) is 28.2 Å². The van der Waals surface area contributed by atoms with Crippen LogP contribution < -0.4 is 59.9 Å². The molecule has 69 heavy (non-hydrogen) atoms. The van der Waals surface area contributed by atoms with E-state index in [1.54, 1.807) is 13.8 Å². The summed E-state index contributed by atoms with van der Waals surface area (Å²) < 4.78 is 7.00. The number of rotatable bonds is 16. The summed E-state index contributed by atoms with van der Waals surface area (Å²) in [5.74, 6) is -9.65. The van der Waals surface area contributed by atoms with E-state index in [4.69, 9.17) is 27.5 Å². The molecular weight excluding hydrogens is 949 g/mol. The number of ether oxygens (including phenoxy) is 1. The second-order valence-corrected chi connectivity index (χ2v) is 18.1. The number of benzene rings is 2. The third-order valence-corrected chi connectivity index (χ3v) is 12.9. The molecule has 7 unspecified atom stereocenters. The minimum Gasteiger partial charge on any atom is -0.506 e. The molecule has 0 spiro atoms. The standard InChI is InChI=1S/C40H52N14O13S2/c1-3-19(2)32-37(62)46-24(9-11-30(42)56)34(59)48-26(16-31(43)57)35(60)49-27(38(63)64)18-69-68-17-23(41)33(58)47-25(36(61)50-32)14-20-4-10-29(55)28(15-20)54-40(66)53(39(65)51-54)21-5-7-22(8-6-21)67-13-12-45-52-44/h4-8,10,15,19,23-27,32,55H,3,9,11-14,16-18,41H2,1-2H3,(H2,42,56)(H2,43,57)(H,46,62)(H,47,58)(H,48,59)(H,49,60)(H,50,61)(H,51,65)(H,63,64). The summed E-state index contributed by atoms with van der Waals surface area (Å²) in [7, 11) is 1.85. The Balaban J connectivity index is 1.72. The van der Waals surface area contributed by atoms with Crippen molar-refractivity contribution in [2.75, 3.05) is 24.7 Å². The molecule has 2 heterocycles. The van der Waals surface area contributed by atoms with Gasteiger partial charge in [0.2, 0.25) is 41.4 Å². The Labute approximate surface area is 399 Å². The summed E-state index contributed by atoms with van der Waals surface area (Å²) in [5.41, 5.74) is 23.6. The zero-order valence-electron chi connectivity index (χ0n) is 37.1. The Morgan fingerprint density at radius 1 is 0.870 bits per heavy atom. The molecule has 4 rings (SSSR count). The number of nitrogens with zero attached hydrogens (tertiary/aromatic N) is 5. The van der Waals surface area contributed by atoms with Gasteiger partial charge in [-0.15, -0.1) is 0 Å². The van der Waals surface area contributed by atoms with Crippen LogP contribution in [0.2, 0.25) is 0 Å². The number of azide groups is 1. The van der Waals surface area contributed by atoms with Crippen LogP contribution in [0.3, 0.4) is 0 Å². The number of carbonyl (C=O) groups excluding carboxylic acids is 7. The zero-order chi connectivity index (χ0) is 50.9. The number of carbonyl (C=O) groups is 8. The van der Waals surface area contributed by atoms with Gasteiger partial charge in [0.05, 0.1) is 31.3 Å². The quantitative estimate of drug-likeness (QED) is 0.0236. The summed E-state index contributed by atoms with van der Waals surface area (Å²) in [6.45, 7) is 3.43. The van der Waals surface area contributed by atoms with E-state index >= 15 is 0 Å². The lowest BCUT2D eigenvalue weighted by Crippen LogP contribution is -2.61. The van der Waals surface area contributed by atoms with Crippen molar-refractivity contribution in [3.8, 4) is 22.9 Å². The van der Waals surface area contributed by atoms with Gasteiger partial charge in [-0.1, -0.05) is 53.0 Å². The van der Waals surface area contributed by atoms with Crippen LogP contribution in [0.1, 0.15) is 45.1 Å². The number of phenolic OH excluding ortho intramolecular Hbond substituents is 1. The number of carboxylic acid groups (broad SMARTS) is 1. The second kappa shape index (κ2) is 25.6. The number of amides is 7. The maximum atomic E-state index is 14.3. The number of H-pyrrole nitrogens is 1. The Morgan fingerprint density at radius 3 is 2.14 bits per heavy atom. The molecule has 0 aliphatic carbocycles. The number of aromatic hydroxyl groups is 1. The highest BCUT2D eigenvalue weighted by atomic mass is 33.1. The fourth-order valence-electron chi connectivity index (χ4n) is 6.53. The van der Waals surface area contributed by atoms with Gasteiger partial charge in [0, 0.05) is 29.3 Å². The van der Waals surface area contributed by atoms with Crippen molar-refractivity contribution in [1.82, 2.24) is 40.9 Å². The van der Waals surface area contributed by atoms with Crippen LogP contribution in [0.15, 0.2) is 57.2 Å². The Hall–Kier alpha value is -7.49. The second-order valence-electron chi connectivity index (χ2n) is 15.5. The summed E-state index contributed by atoms with van der Waals surface area (Å²) in [6, 6.07) is 0.353. The van der Waals surface area contributed by atoms with Gasteiger partial charge in [-0.05, 0) is 59.8 Å². The first-order valence-electron chi connectivity index (χ1n) is 21.1. The zero-order valence-corrected chi connectivity index (χ0v) is 38.7. The Morgan fingerprint density at radius 2 is 1.51 bits per heavy atom. The molecule has 1 fully saturated rings. The van der Waals surface area contributed by atoms with E-state index in [1.807, 2.05) is 0 Å². The van der Waals surface area contributed by atoms with Crippen LogP contribution in [-0.4, -0.2) is 133 Å². The first kappa shape index (κ1) is 54.1. The predicted octanol–water partition coefficient (Wildman–Crippen LogP) is -2.33. The molecular formula is C40H52N14O13S2. The van der Waals surface area contributed by atoms with Gasteiger partial charge in [0.25, 0.3) is 0 Å². The van der Waals surface area contributed by atoms with E-state index in [0.29, 0.717) is 5.75 Å². The van der Waals surface area contributed by atoms with Gasteiger partial charge >= 0.3 is 17.3 Å². The van der Waals surface area contributed by atoms with Gasteiger partial charge < -0.3 is 58.7 Å². The predicted molar refractivity (Wildman–Crippen MR) is 249 cm³/mol. The van der Waals surface area contributed by atoms with Gasteiger partial charge in [-0.3, -0.25) is 33.6 Å². The highest BCUT2D eigenvalue weighted by Gasteiger charge is 2.35. The normalized spacial score (nSPS) is 21.5. The Kier molecular flexibility index (Phi) is 20.1. The SMILES string of the molecule is CCC(C)C1NC(=O)C(Cc2ccc(O)c(-n3[nH]c(=O)n(-c4ccc(OCCN=[N+]=[N-])cc4)c3=O)c2)NC(=O)C(N)CSSCC(C(=O)O)NC(=O)C(CC(N)=O)NC(=O)C(CCC(N)=O)NC1=O. The number of nitrogens with two attached hydrogens (primary N) is 3. The largest absolute Gasteiger partial charge is 0.506 e. The van der Waals surface area contributed by atoms with Crippen molar-refractivity contribution < 1.29 is 53.3 Å². The number of aromatic nitrogens is 3. The van der Waals surface area contributed by atoms with Gasteiger partial charge in [-0.25, -0.2) is 24.0 Å². The number of hydrogen-bond donors (Lipinski definition) is 11. The fraction of sp³-hybridized carbons (Fsp3) is 0.450. The molecule has 7 atom stereocenters. The molecule has 1 saturated heterocycles. The highest BCUT2D eigenvalue weighted by molar-refractivity contribution is 8.76. The van der Waals surface area contributed by atoms with Gasteiger partial charge in [0.1, 0.15) is 47.4 Å². The molecule has 0 radical (unpaired) electrons. The van der Waals surface area contributed by atoms with Crippen molar-refractivity contribution >= 4 is 68.9 Å². The first-order chi connectivity index (χ1) is 32.7. The van der Waals surface area contributed by atoms with E-state index < -0.39 is 126 Å². The third kappa shape index (κ3) is 15.5. The number of hydrogen-bond acceptors (Lipinski definition) is 16. The van der Waals surface area contributed by atoms with Crippen LogP contribution in [0.5, 0.6) is 11.5 Å². The van der Waals surface area contributed by atoms with Crippen LogP contribution in [0.4, 0.5) is 0 Å².